The predicted molar refractivity (Wildman–Crippen MR) is 97.9 cm³/mol. The van der Waals surface area contributed by atoms with Gasteiger partial charge < -0.3 is 4.74 Å². The molecule has 0 aliphatic carbocycles. The largest absolute Gasteiger partial charge is 0.493 e. The molecule has 4 heterocycles. The van der Waals surface area contributed by atoms with Gasteiger partial charge in [0.15, 0.2) is 17.8 Å². The highest BCUT2D eigenvalue weighted by atomic mass is 32.1. The number of carbonyl (C=O) groups is 1. The predicted octanol–water partition coefficient (Wildman–Crippen LogP) is 3.19. The minimum absolute atomic E-state index is 0.648. The van der Waals surface area contributed by atoms with Crippen molar-refractivity contribution in [3.63, 3.8) is 0 Å². The summed E-state index contributed by atoms with van der Waals surface area (Å²) in [5, 5.41) is 13.2. The molecule has 128 valence electrons. The molecule has 5 rings (SSSR count). The maximum Gasteiger partial charge on any atom is 0.177 e. The number of carbonyl (C=O) groups excluding carboxylic acids is 1. The van der Waals surface area contributed by atoms with Gasteiger partial charge in [-0.3, -0.25) is 4.79 Å². The standard InChI is InChI=1S/C19H14N4O2S/c24-11-14-2-5-17(26-14)15-3-6-18-20-21-19(23(18)22-15)10-12-1-4-16-13(9-12)7-8-25-16/h1-6,9,11H,7-8,10H2. The van der Waals surface area contributed by atoms with Gasteiger partial charge in [0.25, 0.3) is 0 Å². The van der Waals surface area contributed by atoms with E-state index in [0.29, 0.717) is 16.9 Å². The van der Waals surface area contributed by atoms with Crippen LogP contribution >= 0.6 is 11.3 Å². The average molecular weight is 362 g/mol. The SMILES string of the molecule is O=Cc1ccc(-c2ccc3nnc(Cc4ccc5c(c4)CCO5)n3n2)s1. The second-order valence-corrected chi connectivity index (χ2v) is 7.26. The first-order valence-electron chi connectivity index (χ1n) is 8.31. The highest BCUT2D eigenvalue weighted by Gasteiger charge is 2.15. The summed E-state index contributed by atoms with van der Waals surface area (Å²) in [6.07, 6.45) is 2.45. The van der Waals surface area contributed by atoms with Crippen LogP contribution in [-0.2, 0) is 12.8 Å². The summed E-state index contributed by atoms with van der Waals surface area (Å²) in [4.78, 5) is 12.5. The van der Waals surface area contributed by atoms with Crippen molar-refractivity contribution in [1.29, 1.82) is 0 Å². The first-order chi connectivity index (χ1) is 12.8. The van der Waals surface area contributed by atoms with Crippen LogP contribution in [0.2, 0.25) is 0 Å². The van der Waals surface area contributed by atoms with Crippen LogP contribution in [0, 0.1) is 0 Å². The minimum atomic E-state index is 0.648. The fourth-order valence-electron chi connectivity index (χ4n) is 3.16. The monoisotopic (exact) mass is 362 g/mol. The number of benzene rings is 1. The van der Waals surface area contributed by atoms with E-state index in [2.05, 4.69) is 27.4 Å². The lowest BCUT2D eigenvalue weighted by Gasteiger charge is -2.04. The number of thiophene rings is 1. The molecule has 7 heteroatoms. The van der Waals surface area contributed by atoms with Crippen molar-refractivity contribution in [3.05, 3.63) is 64.3 Å². The Balaban J connectivity index is 1.51. The summed E-state index contributed by atoms with van der Waals surface area (Å²) < 4.78 is 7.34. The zero-order valence-electron chi connectivity index (χ0n) is 13.8. The van der Waals surface area contributed by atoms with Gasteiger partial charge >= 0.3 is 0 Å². The molecule has 1 aliphatic heterocycles. The third-order valence-corrected chi connectivity index (χ3v) is 5.47. The van der Waals surface area contributed by atoms with E-state index >= 15 is 0 Å². The Morgan fingerprint density at radius 3 is 3.00 bits per heavy atom. The summed E-state index contributed by atoms with van der Waals surface area (Å²) in [5.41, 5.74) is 3.92. The number of aldehydes is 1. The molecule has 0 unspecified atom stereocenters. The van der Waals surface area contributed by atoms with Gasteiger partial charge in [-0.25, -0.2) is 0 Å². The first-order valence-corrected chi connectivity index (χ1v) is 9.13. The summed E-state index contributed by atoms with van der Waals surface area (Å²) in [7, 11) is 0. The van der Waals surface area contributed by atoms with Crippen molar-refractivity contribution in [2.24, 2.45) is 0 Å². The zero-order chi connectivity index (χ0) is 17.5. The third kappa shape index (κ3) is 2.57. The normalized spacial score (nSPS) is 12.9. The molecule has 0 saturated carbocycles. The molecular formula is C19H14N4O2S. The smallest absolute Gasteiger partial charge is 0.177 e. The summed E-state index contributed by atoms with van der Waals surface area (Å²) >= 11 is 1.42. The third-order valence-electron chi connectivity index (χ3n) is 4.44. The molecular weight excluding hydrogens is 348 g/mol. The average Bonchev–Trinajstić information content (AvgIpc) is 3.40. The lowest BCUT2D eigenvalue weighted by Crippen LogP contribution is -2.01. The van der Waals surface area contributed by atoms with E-state index in [1.54, 1.807) is 10.6 Å². The molecule has 4 aromatic rings. The van der Waals surface area contributed by atoms with E-state index in [1.165, 1.54) is 16.9 Å². The Morgan fingerprint density at radius 2 is 2.12 bits per heavy atom. The van der Waals surface area contributed by atoms with Crippen LogP contribution in [0.5, 0.6) is 5.75 Å². The van der Waals surface area contributed by atoms with Crippen molar-refractivity contribution < 1.29 is 9.53 Å². The highest BCUT2D eigenvalue weighted by Crippen LogP contribution is 2.28. The van der Waals surface area contributed by atoms with Gasteiger partial charge in [0.1, 0.15) is 11.4 Å². The second kappa shape index (κ2) is 6.03. The maximum atomic E-state index is 10.9. The highest BCUT2D eigenvalue weighted by molar-refractivity contribution is 7.17. The summed E-state index contributed by atoms with van der Waals surface area (Å²) in [6, 6.07) is 13.8. The lowest BCUT2D eigenvalue weighted by molar-refractivity contribution is 0.112. The Morgan fingerprint density at radius 1 is 1.15 bits per heavy atom. The van der Waals surface area contributed by atoms with E-state index in [9.17, 15) is 4.79 Å². The zero-order valence-corrected chi connectivity index (χ0v) is 14.6. The summed E-state index contributed by atoms with van der Waals surface area (Å²) in [5.74, 6) is 1.76. The second-order valence-electron chi connectivity index (χ2n) is 6.14. The topological polar surface area (TPSA) is 69.4 Å². The molecule has 6 nitrogen and oxygen atoms in total. The van der Waals surface area contributed by atoms with E-state index in [0.717, 1.165) is 47.0 Å². The molecule has 0 radical (unpaired) electrons. The first kappa shape index (κ1) is 15.2. The van der Waals surface area contributed by atoms with Crippen molar-refractivity contribution >= 4 is 23.3 Å². The molecule has 0 N–H and O–H groups in total. The number of ether oxygens (including phenoxy) is 1. The van der Waals surface area contributed by atoms with Crippen LogP contribution in [0.1, 0.15) is 26.6 Å². The van der Waals surface area contributed by atoms with Crippen LogP contribution in [0.3, 0.4) is 0 Å². The van der Waals surface area contributed by atoms with Crippen LogP contribution in [0.4, 0.5) is 0 Å². The fraction of sp³-hybridized carbons (Fsp3) is 0.158. The van der Waals surface area contributed by atoms with Gasteiger partial charge in [-0.05, 0) is 41.5 Å². The van der Waals surface area contributed by atoms with Crippen LogP contribution in [-0.4, -0.2) is 32.7 Å². The Hall–Kier alpha value is -3.06. The lowest BCUT2D eigenvalue weighted by atomic mass is 10.1. The molecule has 0 atom stereocenters. The van der Waals surface area contributed by atoms with Crippen LogP contribution in [0.15, 0.2) is 42.5 Å². The number of hydrogen-bond acceptors (Lipinski definition) is 6. The van der Waals surface area contributed by atoms with Crippen molar-refractivity contribution in [2.75, 3.05) is 6.61 Å². The Kier molecular flexibility index (Phi) is 3.53. The molecule has 0 bridgehead atoms. The Bertz CT molecular complexity index is 1130. The molecule has 0 saturated heterocycles. The van der Waals surface area contributed by atoms with E-state index in [1.807, 2.05) is 24.3 Å². The molecule has 3 aromatic heterocycles. The minimum Gasteiger partial charge on any atom is -0.493 e. The fourth-order valence-corrected chi connectivity index (χ4v) is 3.95. The molecule has 1 aliphatic rings. The van der Waals surface area contributed by atoms with Crippen molar-refractivity contribution in [1.82, 2.24) is 19.8 Å². The summed E-state index contributed by atoms with van der Waals surface area (Å²) in [6.45, 7) is 0.751. The van der Waals surface area contributed by atoms with Gasteiger partial charge in [0.05, 0.1) is 16.4 Å². The van der Waals surface area contributed by atoms with E-state index in [4.69, 9.17) is 4.74 Å². The molecule has 0 amide bonds. The van der Waals surface area contributed by atoms with Gasteiger partial charge in [0.2, 0.25) is 0 Å². The van der Waals surface area contributed by atoms with Gasteiger partial charge in [-0.15, -0.1) is 21.5 Å². The van der Waals surface area contributed by atoms with Crippen LogP contribution in [0.25, 0.3) is 16.2 Å². The van der Waals surface area contributed by atoms with E-state index in [-0.39, 0.29) is 0 Å². The van der Waals surface area contributed by atoms with E-state index < -0.39 is 0 Å². The molecule has 26 heavy (non-hydrogen) atoms. The van der Waals surface area contributed by atoms with Gasteiger partial charge in [0, 0.05) is 12.8 Å². The van der Waals surface area contributed by atoms with Gasteiger partial charge in [-0.1, -0.05) is 12.1 Å². The number of hydrogen-bond donors (Lipinski definition) is 0. The van der Waals surface area contributed by atoms with Crippen molar-refractivity contribution in [2.45, 2.75) is 12.8 Å². The number of nitrogens with zero attached hydrogens (tertiary/aromatic N) is 4. The quantitative estimate of drug-likeness (QED) is 0.522. The maximum absolute atomic E-state index is 10.9. The number of aromatic nitrogens is 4. The molecule has 0 spiro atoms. The number of rotatable bonds is 4. The van der Waals surface area contributed by atoms with Crippen molar-refractivity contribution in [3.8, 4) is 16.3 Å². The Labute approximate surface area is 153 Å². The van der Waals surface area contributed by atoms with Crippen LogP contribution < -0.4 is 4.74 Å². The number of fused-ring (bicyclic) bond motifs is 2. The van der Waals surface area contributed by atoms with Gasteiger partial charge in [-0.2, -0.15) is 9.61 Å². The molecule has 1 aromatic carbocycles. The molecule has 0 fully saturated rings.